The second-order valence-corrected chi connectivity index (χ2v) is 2.95. The highest BCUT2D eigenvalue weighted by Gasteiger charge is 2.12. The third-order valence-electron chi connectivity index (χ3n) is 1.74. The van der Waals surface area contributed by atoms with Gasteiger partial charge >= 0.3 is 5.69 Å². The van der Waals surface area contributed by atoms with Crippen molar-refractivity contribution in [3.63, 3.8) is 0 Å². The van der Waals surface area contributed by atoms with Gasteiger partial charge in [0.25, 0.3) is 0 Å². The van der Waals surface area contributed by atoms with Crippen molar-refractivity contribution < 1.29 is 0 Å². The lowest BCUT2D eigenvalue weighted by atomic mass is 10.4. The van der Waals surface area contributed by atoms with Crippen LogP contribution in [0.2, 0.25) is 0 Å². The fourth-order valence-corrected chi connectivity index (χ4v) is 1.08. The van der Waals surface area contributed by atoms with Gasteiger partial charge in [0.15, 0.2) is 0 Å². The maximum absolute atomic E-state index is 11.6. The smallest absolute Gasteiger partial charge is 0.356 e. The van der Waals surface area contributed by atoms with Gasteiger partial charge < -0.3 is 10.7 Å². The number of aromatic nitrogens is 3. The number of hydrogen-bond donors (Lipinski definition) is 2. The molecule has 0 aromatic carbocycles. The van der Waals surface area contributed by atoms with Gasteiger partial charge in [-0.2, -0.15) is 4.68 Å². The largest absolute Gasteiger partial charge is 0.366 e. The van der Waals surface area contributed by atoms with Crippen LogP contribution in [0.1, 0.15) is 19.9 Å². The summed E-state index contributed by atoms with van der Waals surface area (Å²) in [5, 5.41) is 6.92. The zero-order valence-electron chi connectivity index (χ0n) is 8.33. The average molecular weight is 185 g/mol. The van der Waals surface area contributed by atoms with E-state index in [0.29, 0.717) is 5.95 Å². The fourth-order valence-electron chi connectivity index (χ4n) is 1.08. The van der Waals surface area contributed by atoms with Crippen molar-refractivity contribution in [2.45, 2.75) is 19.9 Å². The van der Waals surface area contributed by atoms with Gasteiger partial charge in [-0.05, 0) is 13.8 Å². The van der Waals surface area contributed by atoms with Gasteiger partial charge in [0.2, 0.25) is 5.95 Å². The van der Waals surface area contributed by atoms with Crippen LogP contribution >= 0.6 is 0 Å². The molecule has 0 spiro atoms. The minimum atomic E-state index is -0.165. The highest BCUT2D eigenvalue weighted by molar-refractivity contribution is 5.23. The van der Waals surface area contributed by atoms with Gasteiger partial charge in [-0.3, -0.25) is 0 Å². The molecule has 6 nitrogen and oxygen atoms in total. The second kappa shape index (κ2) is 3.51. The van der Waals surface area contributed by atoms with Crippen molar-refractivity contribution >= 4 is 5.95 Å². The summed E-state index contributed by atoms with van der Waals surface area (Å²) in [6.07, 6.45) is 0. The fraction of sp³-hybridized carbons (Fsp3) is 0.714. The van der Waals surface area contributed by atoms with Gasteiger partial charge in [0, 0.05) is 14.1 Å². The van der Waals surface area contributed by atoms with Gasteiger partial charge in [-0.15, -0.1) is 5.10 Å². The van der Waals surface area contributed by atoms with E-state index >= 15 is 0 Å². The standard InChI is InChI=1S/C7H15N5O/c1-5(2)11-7(13)12(9-4)6(8-3)10-11/h5,9H,1-4H3,(H,8,10). The number of hydrogen-bond acceptors (Lipinski definition) is 4. The number of rotatable bonds is 3. The Morgan fingerprint density at radius 1 is 1.38 bits per heavy atom. The van der Waals surface area contributed by atoms with Crippen molar-refractivity contribution in [3.05, 3.63) is 10.5 Å². The van der Waals surface area contributed by atoms with Crippen LogP contribution in [0, 0.1) is 0 Å². The summed E-state index contributed by atoms with van der Waals surface area (Å²) in [5.74, 6) is 0.515. The summed E-state index contributed by atoms with van der Waals surface area (Å²) in [7, 11) is 3.40. The molecule has 0 aliphatic rings. The Balaban J connectivity index is 3.27. The summed E-state index contributed by atoms with van der Waals surface area (Å²) in [6, 6.07) is 0.0641. The zero-order valence-corrected chi connectivity index (χ0v) is 8.33. The molecule has 0 amide bonds. The monoisotopic (exact) mass is 185 g/mol. The van der Waals surface area contributed by atoms with Crippen LogP contribution in [-0.2, 0) is 0 Å². The molecule has 0 fully saturated rings. The molecule has 0 bridgehead atoms. The second-order valence-electron chi connectivity index (χ2n) is 2.95. The maximum atomic E-state index is 11.6. The maximum Gasteiger partial charge on any atom is 0.366 e. The summed E-state index contributed by atoms with van der Waals surface area (Å²) in [6.45, 7) is 3.82. The molecule has 1 heterocycles. The summed E-state index contributed by atoms with van der Waals surface area (Å²) in [5.41, 5.74) is 2.58. The summed E-state index contributed by atoms with van der Waals surface area (Å²) >= 11 is 0. The average Bonchev–Trinajstić information content (AvgIpc) is 2.41. The Morgan fingerprint density at radius 3 is 2.31 bits per heavy atom. The molecule has 0 saturated carbocycles. The normalized spacial score (nSPS) is 10.5. The van der Waals surface area contributed by atoms with Crippen molar-refractivity contribution in [1.29, 1.82) is 0 Å². The van der Waals surface area contributed by atoms with Crippen LogP contribution < -0.4 is 16.4 Å². The highest BCUT2D eigenvalue weighted by atomic mass is 16.2. The quantitative estimate of drug-likeness (QED) is 0.687. The molecular formula is C7H15N5O. The molecule has 0 aliphatic heterocycles. The third kappa shape index (κ3) is 1.51. The summed E-state index contributed by atoms with van der Waals surface area (Å²) in [4.78, 5) is 11.6. The Kier molecular flexibility index (Phi) is 2.60. The molecule has 6 heteroatoms. The molecule has 1 aromatic rings. The van der Waals surface area contributed by atoms with E-state index in [1.165, 1.54) is 9.36 Å². The lowest BCUT2D eigenvalue weighted by Gasteiger charge is -2.01. The molecule has 1 rings (SSSR count). The lowest BCUT2D eigenvalue weighted by molar-refractivity contribution is 0.510. The number of nitrogens with zero attached hydrogens (tertiary/aromatic N) is 3. The molecular weight excluding hydrogens is 170 g/mol. The first-order valence-corrected chi connectivity index (χ1v) is 4.19. The van der Waals surface area contributed by atoms with E-state index in [-0.39, 0.29) is 11.7 Å². The Labute approximate surface area is 76.5 Å². The van der Waals surface area contributed by atoms with E-state index in [2.05, 4.69) is 15.8 Å². The summed E-state index contributed by atoms with van der Waals surface area (Å²) < 4.78 is 2.78. The molecule has 74 valence electrons. The molecule has 0 saturated heterocycles. The van der Waals surface area contributed by atoms with E-state index in [1.807, 2.05) is 13.8 Å². The minimum Gasteiger partial charge on any atom is -0.356 e. The van der Waals surface area contributed by atoms with Crippen molar-refractivity contribution in [2.24, 2.45) is 0 Å². The van der Waals surface area contributed by atoms with Crippen LogP contribution in [0.15, 0.2) is 4.79 Å². The molecule has 13 heavy (non-hydrogen) atoms. The Hall–Kier alpha value is -1.46. The molecule has 0 radical (unpaired) electrons. The Morgan fingerprint density at radius 2 is 2.00 bits per heavy atom. The first kappa shape index (κ1) is 9.63. The minimum absolute atomic E-state index is 0.0641. The van der Waals surface area contributed by atoms with E-state index in [4.69, 9.17) is 0 Å². The van der Waals surface area contributed by atoms with Crippen LogP contribution in [0.5, 0.6) is 0 Å². The van der Waals surface area contributed by atoms with Crippen molar-refractivity contribution in [1.82, 2.24) is 14.5 Å². The van der Waals surface area contributed by atoms with E-state index in [1.54, 1.807) is 14.1 Å². The molecule has 0 unspecified atom stereocenters. The van der Waals surface area contributed by atoms with Crippen molar-refractivity contribution in [2.75, 3.05) is 24.8 Å². The predicted octanol–water partition coefficient (Wildman–Crippen LogP) is -0.159. The lowest BCUT2D eigenvalue weighted by Crippen LogP contribution is -2.30. The van der Waals surface area contributed by atoms with Gasteiger partial charge in [-0.25, -0.2) is 9.48 Å². The molecule has 1 aromatic heterocycles. The number of nitrogens with one attached hydrogen (secondary N) is 2. The van der Waals surface area contributed by atoms with Gasteiger partial charge in [0.1, 0.15) is 0 Å². The van der Waals surface area contributed by atoms with E-state index in [0.717, 1.165) is 0 Å². The third-order valence-corrected chi connectivity index (χ3v) is 1.74. The first-order chi connectivity index (χ1) is 6.11. The first-order valence-electron chi connectivity index (χ1n) is 4.19. The molecule has 2 N–H and O–H groups in total. The molecule has 0 aliphatic carbocycles. The SMILES string of the molecule is CNc1nn(C(C)C)c(=O)n1NC. The van der Waals surface area contributed by atoms with Crippen molar-refractivity contribution in [3.8, 4) is 0 Å². The van der Waals surface area contributed by atoms with Crippen LogP contribution in [-0.4, -0.2) is 28.6 Å². The van der Waals surface area contributed by atoms with Gasteiger partial charge in [0.05, 0.1) is 6.04 Å². The van der Waals surface area contributed by atoms with Crippen LogP contribution in [0.4, 0.5) is 5.95 Å². The number of anilines is 1. The highest BCUT2D eigenvalue weighted by Crippen LogP contribution is 2.01. The predicted molar refractivity (Wildman–Crippen MR) is 51.7 cm³/mol. The van der Waals surface area contributed by atoms with E-state index in [9.17, 15) is 4.79 Å². The Bertz CT molecular complexity index is 337. The molecule has 0 atom stereocenters. The van der Waals surface area contributed by atoms with Crippen LogP contribution in [0.3, 0.4) is 0 Å². The van der Waals surface area contributed by atoms with Gasteiger partial charge in [-0.1, -0.05) is 0 Å². The topological polar surface area (TPSA) is 63.9 Å². The zero-order chi connectivity index (χ0) is 10.0. The van der Waals surface area contributed by atoms with E-state index < -0.39 is 0 Å². The van der Waals surface area contributed by atoms with Crippen LogP contribution in [0.25, 0.3) is 0 Å².